The number of carbonyl (C=O) groups is 3. The highest BCUT2D eigenvalue weighted by atomic mass is 19.3. The molecule has 24 heteroatoms. The van der Waals surface area contributed by atoms with E-state index in [0.29, 0.717) is 41.6 Å². The van der Waals surface area contributed by atoms with Gasteiger partial charge in [0.1, 0.15) is 24.0 Å². The van der Waals surface area contributed by atoms with Gasteiger partial charge in [-0.3, -0.25) is 24.2 Å². The van der Waals surface area contributed by atoms with Crippen LogP contribution in [-0.4, -0.2) is 171 Å². The number of alkyl halides is 4. The van der Waals surface area contributed by atoms with Gasteiger partial charge in [-0.2, -0.15) is 0 Å². The minimum Gasteiger partial charge on any atom is -0.474 e. The standard InChI is InChI=1S/C27H36F2N4O3.C27H38N4O3.C26H34F2N4O2/c1-2-33-23(4-3-5-26(33)34)27(35)30-21-9-6-19(7-10-21)12-15-32-16-13-20-8-11-25(36-18-24(28)29)31-22(20)14-17-32;1-19-18-28-27(33-19)17-25(32)29-22-8-5-20(6-9-22)11-14-31-15-12-21-7-10-26(30-24(21)13-16-31)34-23-3-2-4-23;1-18-22(3-2-13-29-18)26(33)30-21-7-4-19(5-8-21)10-14-32-15-11-20-6-9-25(34-17-24(27)28)31-23(20)12-16-32/h3-5,8,11,19,21,24H,2,6-7,9-10,12-18H2,1H3,(H,30,35);7,10,18,20,22-23H,2-6,8-9,11-17H2,1H3,(H,29,32);2-3,6,9,13,19,21,24H,4-5,7-8,10-12,14-17H2,1H3,(H,30,33). The number of ether oxygens (including phenoxy) is 3. The molecule has 6 aromatic heterocycles. The Labute approximate surface area is 610 Å². The highest BCUT2D eigenvalue weighted by Gasteiger charge is 2.30. The molecule has 20 nitrogen and oxygen atoms in total. The lowest BCUT2D eigenvalue weighted by molar-refractivity contribution is -0.121. The largest absolute Gasteiger partial charge is 0.474 e. The summed E-state index contributed by atoms with van der Waals surface area (Å²) in [7, 11) is 0. The fourth-order valence-electron chi connectivity index (χ4n) is 15.8. The van der Waals surface area contributed by atoms with Crippen molar-refractivity contribution in [2.75, 3.05) is 72.1 Å². The van der Waals surface area contributed by atoms with Crippen LogP contribution in [0.25, 0.3) is 0 Å². The quantitative estimate of drug-likeness (QED) is 0.0453. The number of aromatic nitrogens is 6. The molecule has 3 amide bonds. The number of nitrogens with zero attached hydrogens (tertiary/aromatic N) is 9. The average molecular weight is 1440 g/mol. The van der Waals surface area contributed by atoms with E-state index >= 15 is 0 Å². The molecule has 4 saturated carbocycles. The van der Waals surface area contributed by atoms with Crippen molar-refractivity contribution in [3.05, 3.63) is 152 Å². The van der Waals surface area contributed by atoms with Crippen LogP contribution in [0.2, 0.25) is 0 Å². The van der Waals surface area contributed by atoms with E-state index in [1.807, 2.05) is 39.0 Å². The molecule has 0 bridgehead atoms. The van der Waals surface area contributed by atoms with Gasteiger partial charge >= 0.3 is 0 Å². The molecule has 13 rings (SSSR count). The van der Waals surface area contributed by atoms with Crippen molar-refractivity contribution >= 4 is 17.7 Å². The molecule has 0 saturated heterocycles. The van der Waals surface area contributed by atoms with Gasteiger partial charge in [0.2, 0.25) is 29.4 Å². The number of hydrogen-bond acceptors (Lipinski definition) is 16. The van der Waals surface area contributed by atoms with Gasteiger partial charge in [-0.15, -0.1) is 0 Å². The third kappa shape index (κ3) is 23.6. The first-order valence-electron chi connectivity index (χ1n) is 38.6. The second kappa shape index (κ2) is 39.0. The molecule has 0 atom stereocenters. The van der Waals surface area contributed by atoms with Crippen LogP contribution in [0.5, 0.6) is 17.6 Å². The molecule has 0 spiro atoms. The molecule has 9 heterocycles. The number of pyridine rings is 5. The van der Waals surface area contributed by atoms with E-state index in [0.717, 1.165) is 209 Å². The fraction of sp³-hybridized carbons (Fsp3) is 0.613. The van der Waals surface area contributed by atoms with Crippen LogP contribution in [0.15, 0.2) is 88.3 Å². The summed E-state index contributed by atoms with van der Waals surface area (Å²) in [6.07, 6.45) is 24.6. The topological polar surface area (TPSA) is 224 Å². The molecular formula is C80H108F4N12O8. The number of amides is 3. The summed E-state index contributed by atoms with van der Waals surface area (Å²) >= 11 is 0. The number of aryl methyl sites for hydroxylation is 2. The second-order valence-corrected chi connectivity index (χ2v) is 29.6. The molecule has 104 heavy (non-hydrogen) atoms. The molecule has 0 unspecified atom stereocenters. The predicted octanol–water partition coefficient (Wildman–Crippen LogP) is 11.9. The Morgan fingerprint density at radius 2 is 1.00 bits per heavy atom. The Hall–Kier alpha value is -7.83. The number of carbonyl (C=O) groups excluding carboxylic acids is 3. The van der Waals surface area contributed by atoms with Gasteiger partial charge < -0.3 is 53.8 Å². The molecule has 0 radical (unpaired) electrons. The predicted molar refractivity (Wildman–Crippen MR) is 390 cm³/mol. The maximum Gasteiger partial charge on any atom is 0.272 e. The van der Waals surface area contributed by atoms with E-state index in [2.05, 4.69) is 62.7 Å². The first-order chi connectivity index (χ1) is 50.5. The zero-order valence-electron chi connectivity index (χ0n) is 61.2. The molecule has 7 aliphatic rings. The number of oxazole rings is 1. The molecule has 4 aliphatic carbocycles. The lowest BCUT2D eigenvalue weighted by Crippen LogP contribution is -2.40. The van der Waals surface area contributed by atoms with Crippen molar-refractivity contribution in [3.8, 4) is 17.6 Å². The summed E-state index contributed by atoms with van der Waals surface area (Å²) in [5.74, 6) is 4.54. The maximum atomic E-state index is 12.7. The minimum atomic E-state index is -2.50. The van der Waals surface area contributed by atoms with E-state index in [4.69, 9.17) is 23.6 Å². The number of halogens is 4. The molecular weight excluding hydrogens is 1330 g/mol. The number of fused-ring (bicyclic) bond motifs is 3. The maximum absolute atomic E-state index is 12.7. The van der Waals surface area contributed by atoms with Gasteiger partial charge in [-0.25, -0.2) is 37.5 Å². The van der Waals surface area contributed by atoms with Crippen molar-refractivity contribution in [2.45, 2.75) is 225 Å². The van der Waals surface area contributed by atoms with Crippen molar-refractivity contribution in [3.63, 3.8) is 0 Å². The third-order valence-corrected chi connectivity index (χ3v) is 22.2. The lowest BCUT2D eigenvalue weighted by atomic mass is 9.84. The Morgan fingerprint density at radius 1 is 0.538 bits per heavy atom. The molecule has 3 N–H and O–H groups in total. The van der Waals surface area contributed by atoms with E-state index in [9.17, 15) is 36.7 Å². The van der Waals surface area contributed by atoms with Crippen LogP contribution >= 0.6 is 0 Å². The Bertz CT molecular complexity index is 3770. The molecule has 3 aliphatic heterocycles. The van der Waals surface area contributed by atoms with E-state index in [1.54, 1.807) is 42.7 Å². The summed E-state index contributed by atoms with van der Waals surface area (Å²) < 4.78 is 72.7. The molecule has 0 aromatic carbocycles. The average Bonchev–Trinajstić information content (AvgIpc) is 1.56. The van der Waals surface area contributed by atoms with Gasteiger partial charge in [0.05, 0.1) is 11.8 Å². The lowest BCUT2D eigenvalue weighted by Gasteiger charge is -2.31. The van der Waals surface area contributed by atoms with Crippen molar-refractivity contribution < 1.29 is 50.6 Å². The zero-order chi connectivity index (χ0) is 72.7. The van der Waals surface area contributed by atoms with Crippen molar-refractivity contribution in [2.24, 2.45) is 17.8 Å². The highest BCUT2D eigenvalue weighted by Crippen LogP contribution is 2.33. The summed E-state index contributed by atoms with van der Waals surface area (Å²) in [6, 6.07) is 20.7. The summed E-state index contributed by atoms with van der Waals surface area (Å²) in [4.78, 5) is 79.3. The molecule has 564 valence electrons. The van der Waals surface area contributed by atoms with Crippen LogP contribution < -0.4 is 35.7 Å². The van der Waals surface area contributed by atoms with Crippen LogP contribution in [0.3, 0.4) is 0 Å². The molecule has 4 fully saturated rings. The Balaban J connectivity index is 0.000000156. The smallest absolute Gasteiger partial charge is 0.272 e. The van der Waals surface area contributed by atoms with Gasteiger partial charge in [-0.05, 0) is 228 Å². The molecule has 6 aromatic rings. The van der Waals surface area contributed by atoms with Crippen molar-refractivity contribution in [1.82, 2.24) is 60.1 Å². The van der Waals surface area contributed by atoms with E-state index in [1.165, 1.54) is 71.5 Å². The second-order valence-electron chi connectivity index (χ2n) is 29.6. The van der Waals surface area contributed by atoms with Crippen LogP contribution in [-0.2, 0) is 56.3 Å². The fourth-order valence-corrected chi connectivity index (χ4v) is 15.8. The van der Waals surface area contributed by atoms with Gasteiger partial charge in [-0.1, -0.05) is 24.3 Å². The summed E-state index contributed by atoms with van der Waals surface area (Å²) in [5, 5.41) is 9.50. The number of hydrogen-bond donors (Lipinski definition) is 3. The monoisotopic (exact) mass is 1440 g/mol. The van der Waals surface area contributed by atoms with Crippen LogP contribution in [0.4, 0.5) is 17.6 Å². The minimum absolute atomic E-state index is 0.0179. The normalized spacial score (nSPS) is 21.7. The first kappa shape index (κ1) is 77.3. The van der Waals surface area contributed by atoms with Gasteiger partial charge in [0, 0.05) is 136 Å². The third-order valence-electron chi connectivity index (χ3n) is 22.2. The Morgan fingerprint density at radius 3 is 1.44 bits per heavy atom. The van der Waals surface area contributed by atoms with Crippen LogP contribution in [0, 0.1) is 31.6 Å². The van der Waals surface area contributed by atoms with E-state index in [-0.39, 0.29) is 59.6 Å². The van der Waals surface area contributed by atoms with E-state index < -0.39 is 26.1 Å². The summed E-state index contributed by atoms with van der Waals surface area (Å²) in [6.45, 7) is 14.0. The SMILES string of the molecule is CCn1c(C(=O)NC2CCC(CCN3CCc4ccc(OCC(F)F)nc4CC3)CC2)cccc1=O.Cc1cnc(CC(=O)NC2CCC(CCN3CCc4ccc(OC5CCC5)nc4CC3)CC2)o1.Cc1ncccc1C(=O)NC1CCC(CCN2CCc3ccc(OCC(F)F)nc3CC2)CC1. The van der Waals surface area contributed by atoms with Gasteiger partial charge in [0.25, 0.3) is 30.2 Å². The van der Waals surface area contributed by atoms with Crippen molar-refractivity contribution in [1.29, 1.82) is 0 Å². The first-order valence-corrected chi connectivity index (χ1v) is 38.6. The Kier molecular flexibility index (Phi) is 29.0. The number of rotatable bonds is 25. The zero-order valence-corrected chi connectivity index (χ0v) is 61.2. The number of nitrogens with one attached hydrogen (secondary N) is 3. The highest BCUT2D eigenvalue weighted by molar-refractivity contribution is 5.95. The van der Waals surface area contributed by atoms with Gasteiger partial charge in [0.15, 0.2) is 13.2 Å². The van der Waals surface area contributed by atoms with Crippen LogP contribution in [0.1, 0.15) is 194 Å². The summed E-state index contributed by atoms with van der Waals surface area (Å²) in [5.41, 5.74) is 8.60.